The molecule has 1 aliphatic rings. The lowest BCUT2D eigenvalue weighted by molar-refractivity contribution is -0.160. The number of ether oxygens (including phenoxy) is 1. The van der Waals surface area contributed by atoms with Crippen molar-refractivity contribution >= 4 is 27.7 Å². The third-order valence-corrected chi connectivity index (χ3v) is 3.56. The van der Waals surface area contributed by atoms with Crippen molar-refractivity contribution in [1.29, 1.82) is 0 Å². The zero-order chi connectivity index (χ0) is 10.8. The van der Waals surface area contributed by atoms with Crippen LogP contribution in [0.3, 0.4) is 0 Å². The zero-order valence-corrected chi connectivity index (χ0v) is 10.1. The van der Waals surface area contributed by atoms with E-state index in [9.17, 15) is 9.59 Å². The van der Waals surface area contributed by atoms with Gasteiger partial charge in [-0.25, -0.2) is 0 Å². The Balaban J connectivity index is 2.80. The largest absolute Gasteiger partial charge is 0.465 e. The number of carbonyl (C=O) groups excluding carboxylic acids is 2. The van der Waals surface area contributed by atoms with Gasteiger partial charge in [0, 0.05) is 0 Å². The Kier molecular flexibility index (Phi) is 3.70. The molecule has 1 aliphatic carbocycles. The van der Waals surface area contributed by atoms with Crippen LogP contribution in [0.1, 0.15) is 33.1 Å². The summed E-state index contributed by atoms with van der Waals surface area (Å²) in [5, 5.41) is 0. The number of carbonyl (C=O) groups is 2. The van der Waals surface area contributed by atoms with Crippen LogP contribution in [0.15, 0.2) is 0 Å². The normalized spacial score (nSPS) is 32.8. The first-order valence-corrected chi connectivity index (χ1v) is 5.79. The van der Waals surface area contributed by atoms with Gasteiger partial charge in [0.05, 0.1) is 11.4 Å². The van der Waals surface area contributed by atoms with Crippen LogP contribution in [0.25, 0.3) is 0 Å². The van der Waals surface area contributed by atoms with Gasteiger partial charge in [-0.3, -0.25) is 9.59 Å². The molecule has 0 radical (unpaired) electrons. The van der Waals surface area contributed by atoms with Crippen LogP contribution in [-0.4, -0.2) is 23.2 Å². The van der Waals surface area contributed by atoms with Gasteiger partial charge in [0.1, 0.15) is 5.41 Å². The maximum Gasteiger partial charge on any atom is 0.319 e. The highest BCUT2D eigenvalue weighted by molar-refractivity contribution is 9.10. The quantitative estimate of drug-likeness (QED) is 0.435. The molecule has 0 N–H and O–H groups in total. The molecule has 4 heteroatoms. The van der Waals surface area contributed by atoms with Crippen LogP contribution < -0.4 is 0 Å². The van der Waals surface area contributed by atoms with E-state index in [2.05, 4.69) is 15.9 Å². The predicted molar refractivity (Wildman–Crippen MR) is 56.3 cm³/mol. The number of rotatable bonds is 2. The molecule has 0 aromatic heterocycles. The SMILES string of the molecule is CCOC(=O)C1(C)CCCC(Br)C1=O. The topological polar surface area (TPSA) is 43.4 Å². The maximum atomic E-state index is 11.8. The number of esters is 1. The molecule has 0 aromatic rings. The van der Waals surface area contributed by atoms with E-state index >= 15 is 0 Å². The van der Waals surface area contributed by atoms with Crippen molar-refractivity contribution in [3.8, 4) is 0 Å². The lowest BCUT2D eigenvalue weighted by Crippen LogP contribution is -2.45. The van der Waals surface area contributed by atoms with E-state index in [1.54, 1.807) is 13.8 Å². The van der Waals surface area contributed by atoms with E-state index in [-0.39, 0.29) is 16.6 Å². The van der Waals surface area contributed by atoms with Crippen LogP contribution in [0, 0.1) is 5.41 Å². The third-order valence-electron chi connectivity index (χ3n) is 2.69. The number of ketones is 1. The summed E-state index contributed by atoms with van der Waals surface area (Å²) in [5.74, 6) is -0.420. The molecule has 0 amide bonds. The Bertz CT molecular complexity index is 252. The van der Waals surface area contributed by atoms with Gasteiger partial charge in [0.25, 0.3) is 0 Å². The number of Topliss-reactive ketones (excluding diaryl/α,β-unsaturated/α-hetero) is 1. The van der Waals surface area contributed by atoms with Crippen molar-refractivity contribution in [2.45, 2.75) is 37.9 Å². The minimum absolute atomic E-state index is 0.0396. The maximum absolute atomic E-state index is 11.8. The molecule has 0 heterocycles. The lowest BCUT2D eigenvalue weighted by Gasteiger charge is -2.32. The standard InChI is InChI=1S/C10H15BrO3/c1-3-14-9(13)10(2)6-4-5-7(11)8(10)12/h7H,3-6H2,1-2H3. The molecule has 1 fully saturated rings. The summed E-state index contributed by atoms with van der Waals surface area (Å²) < 4.78 is 4.92. The van der Waals surface area contributed by atoms with Crippen molar-refractivity contribution in [3.05, 3.63) is 0 Å². The predicted octanol–water partition coefficient (Wildman–Crippen LogP) is 2.07. The van der Waals surface area contributed by atoms with Crippen LogP contribution in [0.4, 0.5) is 0 Å². The molecule has 14 heavy (non-hydrogen) atoms. The average molecular weight is 263 g/mol. The first-order valence-electron chi connectivity index (χ1n) is 4.88. The number of alkyl halides is 1. The van der Waals surface area contributed by atoms with E-state index in [1.807, 2.05) is 0 Å². The zero-order valence-electron chi connectivity index (χ0n) is 8.51. The van der Waals surface area contributed by atoms with Crippen molar-refractivity contribution in [2.24, 2.45) is 5.41 Å². The summed E-state index contributed by atoms with van der Waals surface area (Å²) in [7, 11) is 0. The monoisotopic (exact) mass is 262 g/mol. The van der Waals surface area contributed by atoms with Crippen LogP contribution in [0.2, 0.25) is 0 Å². The molecule has 0 saturated heterocycles. The van der Waals surface area contributed by atoms with Crippen molar-refractivity contribution < 1.29 is 14.3 Å². The van der Waals surface area contributed by atoms with Gasteiger partial charge >= 0.3 is 5.97 Å². The van der Waals surface area contributed by atoms with Gasteiger partial charge in [-0.2, -0.15) is 0 Å². The molecule has 0 aliphatic heterocycles. The molecule has 1 rings (SSSR count). The molecule has 2 unspecified atom stereocenters. The minimum Gasteiger partial charge on any atom is -0.465 e. The fourth-order valence-corrected chi connectivity index (χ4v) is 2.56. The van der Waals surface area contributed by atoms with Gasteiger partial charge in [-0.1, -0.05) is 22.4 Å². The van der Waals surface area contributed by atoms with Crippen molar-refractivity contribution in [2.75, 3.05) is 6.61 Å². The van der Waals surface area contributed by atoms with Gasteiger partial charge < -0.3 is 4.74 Å². The summed E-state index contributed by atoms with van der Waals surface area (Å²) in [4.78, 5) is 23.2. The fraction of sp³-hybridized carbons (Fsp3) is 0.800. The van der Waals surface area contributed by atoms with Gasteiger partial charge in [0.15, 0.2) is 5.78 Å². The van der Waals surface area contributed by atoms with Gasteiger partial charge in [-0.05, 0) is 26.7 Å². The highest BCUT2D eigenvalue weighted by Crippen LogP contribution is 2.36. The van der Waals surface area contributed by atoms with E-state index in [1.165, 1.54) is 0 Å². The molecule has 0 spiro atoms. The molecule has 0 bridgehead atoms. The summed E-state index contributed by atoms with van der Waals surface area (Å²) in [6.07, 6.45) is 2.30. The smallest absolute Gasteiger partial charge is 0.319 e. The second kappa shape index (κ2) is 4.43. The number of halogens is 1. The van der Waals surface area contributed by atoms with Crippen LogP contribution >= 0.6 is 15.9 Å². The average Bonchev–Trinajstić information content (AvgIpc) is 2.14. The number of hydrogen-bond donors (Lipinski definition) is 0. The summed E-state index contributed by atoms with van der Waals surface area (Å²) in [6.45, 7) is 3.76. The van der Waals surface area contributed by atoms with Crippen molar-refractivity contribution in [3.63, 3.8) is 0 Å². The molecular weight excluding hydrogens is 248 g/mol. The summed E-state index contributed by atoms with van der Waals surface area (Å²) >= 11 is 3.29. The molecule has 1 saturated carbocycles. The molecule has 0 aromatic carbocycles. The van der Waals surface area contributed by atoms with E-state index < -0.39 is 5.41 Å². The molecule has 80 valence electrons. The summed E-state index contributed by atoms with van der Waals surface area (Å²) in [5.41, 5.74) is -0.928. The Morgan fingerprint density at radius 3 is 2.93 bits per heavy atom. The highest BCUT2D eigenvalue weighted by Gasteiger charge is 2.46. The van der Waals surface area contributed by atoms with E-state index in [0.717, 1.165) is 12.8 Å². The van der Waals surface area contributed by atoms with E-state index in [4.69, 9.17) is 4.74 Å². The second-order valence-corrected chi connectivity index (χ2v) is 4.88. The Morgan fingerprint density at radius 2 is 2.36 bits per heavy atom. The molecule has 2 atom stereocenters. The van der Waals surface area contributed by atoms with Crippen LogP contribution in [0.5, 0.6) is 0 Å². The highest BCUT2D eigenvalue weighted by atomic mass is 79.9. The fourth-order valence-electron chi connectivity index (χ4n) is 1.73. The van der Waals surface area contributed by atoms with Crippen molar-refractivity contribution in [1.82, 2.24) is 0 Å². The molecular formula is C10H15BrO3. The first kappa shape index (κ1) is 11.7. The Labute approximate surface area is 92.3 Å². The lowest BCUT2D eigenvalue weighted by atomic mass is 9.74. The molecule has 3 nitrogen and oxygen atoms in total. The third kappa shape index (κ3) is 2.00. The first-order chi connectivity index (χ1) is 6.52. The van der Waals surface area contributed by atoms with E-state index in [0.29, 0.717) is 13.0 Å². The number of hydrogen-bond acceptors (Lipinski definition) is 3. The second-order valence-electron chi connectivity index (χ2n) is 3.78. The van der Waals surface area contributed by atoms with Gasteiger partial charge in [-0.15, -0.1) is 0 Å². The van der Waals surface area contributed by atoms with Gasteiger partial charge in [0.2, 0.25) is 0 Å². The minimum atomic E-state index is -0.928. The van der Waals surface area contributed by atoms with Crippen LogP contribution in [-0.2, 0) is 14.3 Å². The Hall–Kier alpha value is -0.380. The Morgan fingerprint density at radius 1 is 1.71 bits per heavy atom. The summed E-state index contributed by atoms with van der Waals surface area (Å²) in [6, 6.07) is 0.